The minimum absolute atomic E-state index is 0.118. The first kappa shape index (κ1) is 21.4. The van der Waals surface area contributed by atoms with Crippen molar-refractivity contribution in [3.8, 4) is 22.4 Å². The number of nitrogens with zero attached hydrogens (tertiary/aromatic N) is 6. The van der Waals surface area contributed by atoms with E-state index in [0.717, 1.165) is 5.56 Å². The Morgan fingerprint density at radius 1 is 1.03 bits per heavy atom. The number of alkyl halides is 2. The molecule has 5 aromatic rings. The number of nitrogens with two attached hydrogens (primary N) is 1. The molecule has 0 saturated heterocycles. The van der Waals surface area contributed by atoms with Crippen LogP contribution in [0.1, 0.15) is 23.5 Å². The lowest BCUT2D eigenvalue weighted by atomic mass is 10.0. The maximum Gasteiger partial charge on any atom is 0.263 e. The molecule has 5 rings (SSSR count). The smallest absolute Gasteiger partial charge is 0.263 e. The molecule has 34 heavy (non-hydrogen) atoms. The predicted octanol–water partition coefficient (Wildman–Crippen LogP) is 3.66. The number of anilines is 1. The van der Waals surface area contributed by atoms with Crippen LogP contribution in [0.25, 0.3) is 28.0 Å². The monoisotopic (exact) mass is 459 g/mol. The van der Waals surface area contributed by atoms with Crippen LogP contribution in [0.3, 0.4) is 0 Å². The average molecular weight is 459 g/mol. The first-order valence-electron chi connectivity index (χ1n) is 10.4. The number of rotatable bonds is 5. The van der Waals surface area contributed by atoms with Gasteiger partial charge in [-0.25, -0.2) is 18.7 Å². The summed E-state index contributed by atoms with van der Waals surface area (Å²) >= 11 is 0. The second-order valence-corrected chi connectivity index (χ2v) is 7.75. The fourth-order valence-electron chi connectivity index (χ4n) is 3.78. The zero-order valence-electron chi connectivity index (χ0n) is 18.1. The van der Waals surface area contributed by atoms with E-state index < -0.39 is 6.43 Å². The SMILES string of the molecule is Cn1cc(-c2c(-c3ccccc3)nc(N)n3nc(Cc4cc(C(F)F)ccn4)nc23)ccc1=O. The van der Waals surface area contributed by atoms with Gasteiger partial charge in [0.25, 0.3) is 6.43 Å². The molecule has 0 radical (unpaired) electrons. The van der Waals surface area contributed by atoms with Crippen LogP contribution in [-0.2, 0) is 13.5 Å². The molecule has 0 unspecified atom stereocenters. The highest BCUT2D eigenvalue weighted by molar-refractivity contribution is 5.90. The van der Waals surface area contributed by atoms with Crippen LogP contribution < -0.4 is 11.3 Å². The van der Waals surface area contributed by atoms with E-state index in [1.807, 2.05) is 30.3 Å². The Labute approximate surface area is 192 Å². The second kappa shape index (κ2) is 8.47. The van der Waals surface area contributed by atoms with Gasteiger partial charge in [0, 0.05) is 47.9 Å². The Morgan fingerprint density at radius 2 is 1.82 bits per heavy atom. The van der Waals surface area contributed by atoms with Crippen LogP contribution in [0.4, 0.5) is 14.7 Å². The van der Waals surface area contributed by atoms with E-state index in [4.69, 9.17) is 5.73 Å². The van der Waals surface area contributed by atoms with E-state index >= 15 is 0 Å². The maximum absolute atomic E-state index is 13.1. The van der Waals surface area contributed by atoms with Crippen LogP contribution in [-0.4, -0.2) is 29.1 Å². The van der Waals surface area contributed by atoms with Crippen LogP contribution >= 0.6 is 0 Å². The molecule has 0 fully saturated rings. The van der Waals surface area contributed by atoms with Gasteiger partial charge in [0.05, 0.1) is 17.7 Å². The summed E-state index contributed by atoms with van der Waals surface area (Å²) in [5.41, 5.74) is 9.56. The Hall–Kier alpha value is -4.47. The zero-order chi connectivity index (χ0) is 23.8. The van der Waals surface area contributed by atoms with Crippen LogP contribution in [0.5, 0.6) is 0 Å². The maximum atomic E-state index is 13.1. The molecule has 2 N–H and O–H groups in total. The van der Waals surface area contributed by atoms with E-state index in [1.165, 1.54) is 33.5 Å². The fourth-order valence-corrected chi connectivity index (χ4v) is 3.78. The van der Waals surface area contributed by atoms with Crippen LogP contribution in [0.15, 0.2) is 71.8 Å². The van der Waals surface area contributed by atoms with Gasteiger partial charge in [-0.1, -0.05) is 30.3 Å². The van der Waals surface area contributed by atoms with Crippen LogP contribution in [0.2, 0.25) is 0 Å². The van der Waals surface area contributed by atoms with Crippen molar-refractivity contribution in [2.45, 2.75) is 12.8 Å². The molecule has 10 heteroatoms. The number of nitrogen functional groups attached to an aromatic ring is 1. The lowest BCUT2D eigenvalue weighted by molar-refractivity contribution is 0.151. The highest BCUT2D eigenvalue weighted by Crippen LogP contribution is 2.34. The summed E-state index contributed by atoms with van der Waals surface area (Å²) in [6, 6.07) is 15.3. The third kappa shape index (κ3) is 3.90. The number of hydrogen-bond acceptors (Lipinski definition) is 6. The lowest BCUT2D eigenvalue weighted by Gasteiger charge is -2.12. The van der Waals surface area contributed by atoms with Crippen molar-refractivity contribution in [2.24, 2.45) is 7.05 Å². The zero-order valence-corrected chi connectivity index (χ0v) is 18.1. The molecular formula is C24H19F2N7O. The van der Waals surface area contributed by atoms with Gasteiger partial charge in [0.2, 0.25) is 11.5 Å². The predicted molar refractivity (Wildman–Crippen MR) is 123 cm³/mol. The Morgan fingerprint density at radius 3 is 2.56 bits per heavy atom. The number of aryl methyl sites for hydroxylation is 1. The fraction of sp³-hybridized carbons (Fsp3) is 0.125. The molecule has 0 saturated carbocycles. The topological polar surface area (TPSA) is 104 Å². The lowest BCUT2D eigenvalue weighted by Crippen LogP contribution is -2.14. The number of fused-ring (bicyclic) bond motifs is 1. The quantitative estimate of drug-likeness (QED) is 0.430. The summed E-state index contributed by atoms with van der Waals surface area (Å²) < 4.78 is 29.1. The summed E-state index contributed by atoms with van der Waals surface area (Å²) in [5, 5.41) is 4.47. The second-order valence-electron chi connectivity index (χ2n) is 7.75. The highest BCUT2D eigenvalue weighted by atomic mass is 19.3. The first-order valence-corrected chi connectivity index (χ1v) is 10.4. The number of aromatic nitrogens is 6. The van der Waals surface area contributed by atoms with Gasteiger partial charge in [-0.15, -0.1) is 5.10 Å². The van der Waals surface area contributed by atoms with Crippen molar-refractivity contribution in [1.29, 1.82) is 0 Å². The van der Waals surface area contributed by atoms with Crippen molar-refractivity contribution >= 4 is 11.6 Å². The van der Waals surface area contributed by atoms with Gasteiger partial charge in [0.15, 0.2) is 11.5 Å². The molecule has 8 nitrogen and oxygen atoms in total. The Balaban J connectivity index is 1.72. The Kier molecular flexibility index (Phi) is 5.33. The van der Waals surface area contributed by atoms with Gasteiger partial charge in [0.1, 0.15) is 0 Å². The van der Waals surface area contributed by atoms with E-state index in [2.05, 4.69) is 20.1 Å². The highest BCUT2D eigenvalue weighted by Gasteiger charge is 2.21. The van der Waals surface area contributed by atoms with Gasteiger partial charge in [-0.05, 0) is 18.2 Å². The molecule has 0 amide bonds. The number of benzene rings is 1. The van der Waals surface area contributed by atoms with E-state index in [9.17, 15) is 13.6 Å². The summed E-state index contributed by atoms with van der Waals surface area (Å²) in [6.07, 6.45) is 0.575. The molecule has 0 aliphatic rings. The molecule has 0 spiro atoms. The van der Waals surface area contributed by atoms with E-state index in [-0.39, 0.29) is 23.5 Å². The molecule has 4 heterocycles. The summed E-state index contributed by atoms with van der Waals surface area (Å²) in [4.78, 5) is 25.4. The first-order chi connectivity index (χ1) is 16.4. The van der Waals surface area contributed by atoms with Crippen molar-refractivity contribution in [3.63, 3.8) is 0 Å². The molecule has 1 aromatic carbocycles. The number of hydrogen-bond donors (Lipinski definition) is 1. The summed E-state index contributed by atoms with van der Waals surface area (Å²) in [7, 11) is 1.66. The standard InChI is InChI=1S/C24H19F2N7O/c1-32-13-16(7-8-19(32)34)20-21(14-5-3-2-4-6-14)30-24(27)33-23(20)29-18(31-33)12-17-11-15(22(25)26)9-10-28-17/h2-11,13,22H,12H2,1H3,(H2,27,30). The van der Waals surface area contributed by atoms with E-state index in [0.29, 0.717) is 34.0 Å². The van der Waals surface area contributed by atoms with Gasteiger partial charge in [-0.2, -0.15) is 4.52 Å². The normalized spacial score (nSPS) is 11.4. The minimum atomic E-state index is -2.60. The van der Waals surface area contributed by atoms with E-state index in [1.54, 1.807) is 19.3 Å². The van der Waals surface area contributed by atoms with Crippen molar-refractivity contribution < 1.29 is 8.78 Å². The van der Waals surface area contributed by atoms with Gasteiger partial charge in [-0.3, -0.25) is 9.78 Å². The minimum Gasteiger partial charge on any atom is -0.368 e. The molecular weight excluding hydrogens is 440 g/mol. The molecule has 0 aliphatic heterocycles. The molecule has 4 aromatic heterocycles. The van der Waals surface area contributed by atoms with Crippen molar-refractivity contribution in [1.82, 2.24) is 29.1 Å². The molecule has 170 valence electrons. The molecule has 0 bridgehead atoms. The van der Waals surface area contributed by atoms with Crippen molar-refractivity contribution in [2.75, 3.05) is 5.73 Å². The molecule has 0 aliphatic carbocycles. The van der Waals surface area contributed by atoms with Gasteiger partial charge < -0.3 is 10.3 Å². The summed E-state index contributed by atoms with van der Waals surface area (Å²) in [6.45, 7) is 0. The van der Waals surface area contributed by atoms with Crippen LogP contribution in [0, 0.1) is 0 Å². The summed E-state index contributed by atoms with van der Waals surface area (Å²) in [5.74, 6) is 0.471. The van der Waals surface area contributed by atoms with Crippen molar-refractivity contribution in [3.05, 3.63) is 94.4 Å². The third-order valence-corrected chi connectivity index (χ3v) is 5.41. The molecule has 0 atom stereocenters. The third-order valence-electron chi connectivity index (χ3n) is 5.41. The average Bonchev–Trinajstić information content (AvgIpc) is 3.25. The van der Waals surface area contributed by atoms with Gasteiger partial charge >= 0.3 is 0 Å². The number of pyridine rings is 2. The Bertz CT molecular complexity index is 1560. The largest absolute Gasteiger partial charge is 0.368 e. The number of halogens is 2.